The highest BCUT2D eigenvalue weighted by atomic mass is 19.4. The van der Waals surface area contributed by atoms with E-state index in [9.17, 15) is 18.0 Å². The van der Waals surface area contributed by atoms with Crippen LogP contribution in [-0.4, -0.2) is 67.2 Å². The molecule has 0 saturated carbocycles. The van der Waals surface area contributed by atoms with Gasteiger partial charge in [-0.3, -0.25) is 4.79 Å². The third-order valence-electron chi connectivity index (χ3n) is 5.62. The predicted octanol–water partition coefficient (Wildman–Crippen LogP) is 2.61. The lowest BCUT2D eigenvalue weighted by Gasteiger charge is -2.33. The first-order valence-electron chi connectivity index (χ1n) is 9.96. The summed E-state index contributed by atoms with van der Waals surface area (Å²) in [5.41, 5.74) is 0.626. The molecule has 0 bridgehead atoms. The van der Waals surface area contributed by atoms with Gasteiger partial charge in [0.15, 0.2) is 23.2 Å². The van der Waals surface area contributed by atoms with E-state index in [1.54, 1.807) is 23.1 Å². The Morgan fingerprint density at radius 1 is 1.13 bits per heavy atom. The van der Waals surface area contributed by atoms with E-state index in [2.05, 4.69) is 15.7 Å². The number of nitrogens with zero attached hydrogens (tertiary/aromatic N) is 3. The van der Waals surface area contributed by atoms with Gasteiger partial charge in [-0.2, -0.15) is 18.3 Å². The fraction of sp³-hybridized carbons (Fsp3) is 0.500. The molecule has 2 unspecified atom stereocenters. The Morgan fingerprint density at radius 2 is 1.84 bits per heavy atom. The second-order valence-electron chi connectivity index (χ2n) is 7.51. The molecule has 3 heterocycles. The molecule has 2 N–H and O–H groups in total. The van der Waals surface area contributed by atoms with Crippen LogP contribution in [-0.2, 0) is 0 Å². The minimum absolute atomic E-state index is 0.00612. The quantitative estimate of drug-likeness (QED) is 0.763. The van der Waals surface area contributed by atoms with E-state index in [0.717, 1.165) is 4.68 Å². The molecule has 2 aromatic rings. The Balaban J connectivity index is 1.66. The van der Waals surface area contributed by atoms with Crippen molar-refractivity contribution in [2.45, 2.75) is 24.7 Å². The number of benzene rings is 1. The van der Waals surface area contributed by atoms with Crippen LogP contribution in [0, 0.1) is 0 Å². The van der Waals surface area contributed by atoms with Gasteiger partial charge >= 0.3 is 6.18 Å². The van der Waals surface area contributed by atoms with Gasteiger partial charge in [0, 0.05) is 38.7 Å². The average molecular weight is 439 g/mol. The number of amides is 1. The minimum Gasteiger partial charge on any atom is -0.493 e. The normalized spacial score (nSPS) is 21.3. The van der Waals surface area contributed by atoms with Crippen LogP contribution in [0.5, 0.6) is 11.5 Å². The summed E-state index contributed by atoms with van der Waals surface area (Å²) in [5.74, 6) is 0.711. The smallest absolute Gasteiger partial charge is 0.410 e. The van der Waals surface area contributed by atoms with Gasteiger partial charge < -0.3 is 25.0 Å². The van der Waals surface area contributed by atoms with Crippen molar-refractivity contribution in [1.29, 1.82) is 0 Å². The van der Waals surface area contributed by atoms with Crippen LogP contribution in [0.25, 0.3) is 0 Å². The van der Waals surface area contributed by atoms with Gasteiger partial charge in [-0.05, 0) is 17.7 Å². The third kappa shape index (κ3) is 4.14. The van der Waals surface area contributed by atoms with Gasteiger partial charge in [-0.15, -0.1) is 0 Å². The summed E-state index contributed by atoms with van der Waals surface area (Å²) in [5, 5.41) is 10.3. The van der Waals surface area contributed by atoms with E-state index in [1.165, 1.54) is 20.3 Å². The number of halogens is 3. The number of ether oxygens (including phenoxy) is 2. The lowest BCUT2D eigenvalue weighted by molar-refractivity contribution is -0.173. The third-order valence-corrected chi connectivity index (χ3v) is 5.62. The van der Waals surface area contributed by atoms with Crippen LogP contribution in [0.2, 0.25) is 0 Å². The molecule has 0 radical (unpaired) electrons. The highest BCUT2D eigenvalue weighted by Crippen LogP contribution is 2.44. The lowest BCUT2D eigenvalue weighted by Crippen LogP contribution is -2.46. The van der Waals surface area contributed by atoms with E-state index in [1.807, 2.05) is 0 Å². The number of anilines is 1. The molecule has 1 aromatic carbocycles. The van der Waals surface area contributed by atoms with Crippen molar-refractivity contribution in [3.8, 4) is 11.5 Å². The van der Waals surface area contributed by atoms with Crippen molar-refractivity contribution in [3.05, 3.63) is 35.5 Å². The fourth-order valence-electron chi connectivity index (χ4n) is 4.00. The maximum absolute atomic E-state index is 13.9. The number of carbonyl (C=O) groups is 1. The van der Waals surface area contributed by atoms with Crippen molar-refractivity contribution in [1.82, 2.24) is 20.0 Å². The van der Waals surface area contributed by atoms with Crippen LogP contribution in [0.4, 0.5) is 19.0 Å². The molecule has 0 aliphatic carbocycles. The van der Waals surface area contributed by atoms with E-state index >= 15 is 0 Å². The number of aromatic nitrogens is 2. The zero-order valence-electron chi connectivity index (χ0n) is 17.2. The van der Waals surface area contributed by atoms with E-state index in [0.29, 0.717) is 43.2 Å². The molecule has 168 valence electrons. The summed E-state index contributed by atoms with van der Waals surface area (Å²) in [6.45, 7) is 2.27. The maximum atomic E-state index is 13.9. The first-order valence-corrected chi connectivity index (χ1v) is 9.96. The molecule has 2 aliphatic heterocycles. The Kier molecular flexibility index (Phi) is 5.69. The van der Waals surface area contributed by atoms with Crippen LogP contribution in [0.15, 0.2) is 24.3 Å². The second kappa shape index (κ2) is 8.29. The standard InChI is InChI=1S/C20H24F3N5O3/c1-30-15-4-3-12(9-16(15)31-2)13-10-17(20(21,22)23)28-18(25-13)11-14(26-28)19(29)27-7-5-24-6-8-27/h3-4,9,11,13,17,24-25H,5-8,10H2,1-2H3. The number of nitrogens with one attached hydrogen (secondary N) is 2. The number of piperazine rings is 1. The Bertz CT molecular complexity index is 956. The van der Waals surface area contributed by atoms with Crippen molar-refractivity contribution in [2.24, 2.45) is 0 Å². The van der Waals surface area contributed by atoms with Gasteiger partial charge in [0.1, 0.15) is 5.82 Å². The predicted molar refractivity (Wildman–Crippen MR) is 107 cm³/mol. The number of alkyl halides is 3. The van der Waals surface area contributed by atoms with Crippen molar-refractivity contribution in [3.63, 3.8) is 0 Å². The molecule has 1 amide bonds. The van der Waals surface area contributed by atoms with Crippen molar-refractivity contribution >= 4 is 11.7 Å². The Morgan fingerprint density at radius 3 is 2.48 bits per heavy atom. The van der Waals surface area contributed by atoms with E-state index in [4.69, 9.17) is 9.47 Å². The Hall–Kier alpha value is -2.95. The van der Waals surface area contributed by atoms with Gasteiger partial charge in [0.05, 0.1) is 20.3 Å². The summed E-state index contributed by atoms with van der Waals surface area (Å²) in [6, 6.07) is 3.91. The number of methoxy groups -OCH3 is 2. The minimum atomic E-state index is -4.52. The van der Waals surface area contributed by atoms with Gasteiger partial charge in [0.2, 0.25) is 0 Å². The van der Waals surface area contributed by atoms with Crippen LogP contribution in [0.3, 0.4) is 0 Å². The molecule has 4 rings (SSSR count). The molecule has 0 spiro atoms. The highest BCUT2D eigenvalue weighted by molar-refractivity contribution is 5.93. The maximum Gasteiger partial charge on any atom is 0.410 e. The summed E-state index contributed by atoms with van der Waals surface area (Å²) in [6.07, 6.45) is -4.79. The SMILES string of the molecule is COc1ccc(C2CC(C(F)(F)F)n3nc(C(=O)N4CCNCC4)cc3N2)cc1OC. The molecule has 1 aromatic heterocycles. The molecule has 1 saturated heterocycles. The van der Waals surface area contributed by atoms with Crippen LogP contribution >= 0.6 is 0 Å². The highest BCUT2D eigenvalue weighted by Gasteiger charge is 2.47. The molecule has 11 heteroatoms. The summed E-state index contributed by atoms with van der Waals surface area (Å²) < 4.78 is 53.1. The van der Waals surface area contributed by atoms with Crippen LogP contribution < -0.4 is 20.1 Å². The van der Waals surface area contributed by atoms with Crippen molar-refractivity contribution in [2.75, 3.05) is 45.7 Å². The molecule has 2 atom stereocenters. The first-order chi connectivity index (χ1) is 14.8. The number of rotatable bonds is 4. The average Bonchev–Trinajstić information content (AvgIpc) is 3.21. The zero-order chi connectivity index (χ0) is 22.2. The first kappa shape index (κ1) is 21.3. The summed E-state index contributed by atoms with van der Waals surface area (Å²) >= 11 is 0. The molecular weight excluding hydrogens is 415 g/mol. The van der Waals surface area contributed by atoms with Gasteiger partial charge in [0.25, 0.3) is 5.91 Å². The molecule has 2 aliphatic rings. The van der Waals surface area contributed by atoms with E-state index < -0.39 is 18.3 Å². The molecular formula is C20H24F3N5O3. The topological polar surface area (TPSA) is 80.7 Å². The van der Waals surface area contributed by atoms with Gasteiger partial charge in [-0.1, -0.05) is 6.07 Å². The lowest BCUT2D eigenvalue weighted by atomic mass is 9.96. The van der Waals surface area contributed by atoms with Crippen molar-refractivity contribution < 1.29 is 27.4 Å². The second-order valence-corrected chi connectivity index (χ2v) is 7.51. The largest absolute Gasteiger partial charge is 0.493 e. The number of carbonyl (C=O) groups excluding carboxylic acids is 1. The fourth-order valence-corrected chi connectivity index (χ4v) is 4.00. The molecule has 1 fully saturated rings. The number of hydrogen-bond donors (Lipinski definition) is 2. The van der Waals surface area contributed by atoms with Crippen LogP contribution in [0.1, 0.15) is 34.6 Å². The summed E-state index contributed by atoms with van der Waals surface area (Å²) in [7, 11) is 2.96. The zero-order valence-corrected chi connectivity index (χ0v) is 17.2. The number of hydrogen-bond acceptors (Lipinski definition) is 6. The Labute approximate surface area is 177 Å². The number of fused-ring (bicyclic) bond motifs is 1. The molecule has 31 heavy (non-hydrogen) atoms. The monoisotopic (exact) mass is 439 g/mol. The molecule has 8 nitrogen and oxygen atoms in total. The van der Waals surface area contributed by atoms with E-state index in [-0.39, 0.29) is 23.8 Å². The van der Waals surface area contributed by atoms with Gasteiger partial charge in [-0.25, -0.2) is 4.68 Å². The summed E-state index contributed by atoms with van der Waals surface area (Å²) in [4.78, 5) is 14.4.